The number of hydrogen-bond donors (Lipinski definition) is 1. The number of likely N-dealkylation sites (tertiary alicyclic amines) is 2. The summed E-state index contributed by atoms with van der Waals surface area (Å²) in [5.74, 6) is 1.29. The number of urea groups is 1. The summed E-state index contributed by atoms with van der Waals surface area (Å²) >= 11 is 0. The first kappa shape index (κ1) is 16.8. The van der Waals surface area contributed by atoms with E-state index in [-0.39, 0.29) is 17.9 Å². The lowest BCUT2D eigenvalue weighted by molar-refractivity contribution is 0.158. The Kier molecular flexibility index (Phi) is 4.93. The van der Waals surface area contributed by atoms with Crippen LogP contribution in [0.1, 0.15) is 31.2 Å². The smallest absolute Gasteiger partial charge is 0.317 e. The van der Waals surface area contributed by atoms with Gasteiger partial charge < -0.3 is 15.1 Å². The molecule has 2 amide bonds. The third kappa shape index (κ3) is 4.14. The van der Waals surface area contributed by atoms with Crippen LogP contribution in [0.5, 0.6) is 0 Å². The highest BCUT2D eigenvalue weighted by atomic mass is 19.1. The topological polar surface area (TPSA) is 35.6 Å². The Morgan fingerprint density at radius 1 is 1.08 bits per heavy atom. The van der Waals surface area contributed by atoms with Gasteiger partial charge in [-0.15, -0.1) is 0 Å². The molecule has 1 N–H and O–H groups in total. The van der Waals surface area contributed by atoms with E-state index in [2.05, 4.69) is 10.2 Å². The van der Waals surface area contributed by atoms with Crippen molar-refractivity contribution in [2.45, 2.75) is 38.1 Å². The molecule has 2 heterocycles. The average Bonchev–Trinajstić information content (AvgIpc) is 3.20. The highest BCUT2D eigenvalue weighted by molar-refractivity contribution is 5.74. The summed E-state index contributed by atoms with van der Waals surface area (Å²) in [5, 5.41) is 3.25. The highest BCUT2D eigenvalue weighted by Gasteiger charge is 2.35. The van der Waals surface area contributed by atoms with E-state index in [4.69, 9.17) is 0 Å². The van der Waals surface area contributed by atoms with Crippen LogP contribution < -0.4 is 5.32 Å². The second-order valence-electron chi connectivity index (χ2n) is 8.06. The molecule has 2 saturated heterocycles. The SMILES string of the molecule is O=C(NC1CCN(CCc2ccc(F)cc2)C1)N1CC2CC[C@@H](C2)C1. The molecule has 1 aliphatic carbocycles. The van der Waals surface area contributed by atoms with Crippen molar-refractivity contribution in [3.63, 3.8) is 0 Å². The maximum absolute atomic E-state index is 13.0. The zero-order chi connectivity index (χ0) is 17.2. The Hall–Kier alpha value is -1.62. The van der Waals surface area contributed by atoms with Crippen molar-refractivity contribution in [2.75, 3.05) is 32.7 Å². The van der Waals surface area contributed by atoms with Crippen molar-refractivity contribution in [1.29, 1.82) is 0 Å². The van der Waals surface area contributed by atoms with Crippen molar-refractivity contribution < 1.29 is 9.18 Å². The van der Waals surface area contributed by atoms with Crippen LogP contribution in [0, 0.1) is 17.7 Å². The van der Waals surface area contributed by atoms with E-state index >= 15 is 0 Å². The zero-order valence-electron chi connectivity index (χ0n) is 14.8. The van der Waals surface area contributed by atoms with Crippen molar-refractivity contribution in [3.05, 3.63) is 35.6 Å². The second-order valence-corrected chi connectivity index (χ2v) is 8.06. The number of carbonyl (C=O) groups excluding carboxylic acids is 1. The maximum atomic E-state index is 13.0. The van der Waals surface area contributed by atoms with Crippen molar-refractivity contribution >= 4 is 6.03 Å². The Morgan fingerprint density at radius 3 is 2.52 bits per heavy atom. The van der Waals surface area contributed by atoms with Gasteiger partial charge in [0.1, 0.15) is 5.82 Å². The van der Waals surface area contributed by atoms with Crippen LogP contribution >= 0.6 is 0 Å². The second kappa shape index (κ2) is 7.32. The van der Waals surface area contributed by atoms with E-state index in [0.717, 1.165) is 63.0 Å². The number of hydrogen-bond acceptors (Lipinski definition) is 2. The molecule has 1 aromatic carbocycles. The van der Waals surface area contributed by atoms with Gasteiger partial charge in [-0.1, -0.05) is 12.1 Å². The standard InChI is InChI=1S/C20H28FN3O/c21-18-5-3-15(4-6-18)7-9-23-10-8-19(14-23)22-20(25)24-12-16-1-2-17(11-16)13-24/h3-6,16-17,19H,1-2,7-14H2,(H,22,25)/t16-,17?,19?/m0/s1. The molecule has 0 aromatic heterocycles. The Morgan fingerprint density at radius 2 is 1.80 bits per heavy atom. The van der Waals surface area contributed by atoms with Crippen LogP contribution in [-0.2, 0) is 6.42 Å². The number of carbonyl (C=O) groups is 1. The minimum atomic E-state index is -0.182. The first-order valence-corrected chi connectivity index (χ1v) is 9.68. The average molecular weight is 345 g/mol. The molecular weight excluding hydrogens is 317 g/mol. The molecule has 0 radical (unpaired) electrons. The molecule has 2 aliphatic heterocycles. The number of halogens is 1. The molecule has 1 saturated carbocycles. The lowest BCUT2D eigenvalue weighted by Gasteiger charge is -2.32. The van der Waals surface area contributed by atoms with Crippen LogP contribution in [0.3, 0.4) is 0 Å². The Balaban J connectivity index is 1.21. The Bertz CT molecular complexity index is 593. The summed E-state index contributed by atoms with van der Waals surface area (Å²) in [6, 6.07) is 7.16. The summed E-state index contributed by atoms with van der Waals surface area (Å²) in [4.78, 5) is 17.0. The van der Waals surface area contributed by atoms with Crippen LogP contribution in [0.2, 0.25) is 0 Å². The molecule has 5 heteroatoms. The number of nitrogens with zero attached hydrogens (tertiary/aromatic N) is 2. The number of amides is 2. The quantitative estimate of drug-likeness (QED) is 0.911. The van der Waals surface area contributed by atoms with Gasteiger partial charge >= 0.3 is 6.03 Å². The maximum Gasteiger partial charge on any atom is 0.317 e. The fourth-order valence-corrected chi connectivity index (χ4v) is 4.73. The van der Waals surface area contributed by atoms with Gasteiger partial charge in [-0.05, 0) is 61.6 Å². The first-order chi connectivity index (χ1) is 12.2. The predicted molar refractivity (Wildman–Crippen MR) is 95.9 cm³/mol. The molecule has 2 unspecified atom stereocenters. The summed E-state index contributed by atoms with van der Waals surface area (Å²) in [5.41, 5.74) is 1.16. The number of benzene rings is 1. The molecule has 3 aliphatic rings. The Labute approximate surface area is 149 Å². The lowest BCUT2D eigenvalue weighted by atomic mass is 9.99. The zero-order valence-corrected chi connectivity index (χ0v) is 14.8. The molecule has 3 atom stereocenters. The first-order valence-electron chi connectivity index (χ1n) is 9.68. The van der Waals surface area contributed by atoms with E-state index in [1.807, 2.05) is 17.0 Å². The van der Waals surface area contributed by atoms with Crippen LogP contribution in [0.25, 0.3) is 0 Å². The molecule has 4 rings (SSSR count). The lowest BCUT2D eigenvalue weighted by Crippen LogP contribution is -2.49. The van der Waals surface area contributed by atoms with E-state index in [1.54, 1.807) is 0 Å². The molecular formula is C20H28FN3O. The highest BCUT2D eigenvalue weighted by Crippen LogP contribution is 2.36. The number of rotatable bonds is 4. The summed E-state index contributed by atoms with van der Waals surface area (Å²) in [7, 11) is 0. The summed E-state index contributed by atoms with van der Waals surface area (Å²) in [6.07, 6.45) is 5.88. The largest absolute Gasteiger partial charge is 0.334 e. The van der Waals surface area contributed by atoms with Crippen LogP contribution in [-0.4, -0.2) is 54.6 Å². The van der Waals surface area contributed by atoms with Crippen molar-refractivity contribution in [2.24, 2.45) is 11.8 Å². The van der Waals surface area contributed by atoms with E-state index in [9.17, 15) is 9.18 Å². The van der Waals surface area contributed by atoms with Gasteiger partial charge in [-0.25, -0.2) is 9.18 Å². The van der Waals surface area contributed by atoms with Gasteiger partial charge in [0.15, 0.2) is 0 Å². The minimum Gasteiger partial charge on any atom is -0.334 e. The van der Waals surface area contributed by atoms with Gasteiger partial charge in [0, 0.05) is 38.8 Å². The third-order valence-electron chi connectivity index (χ3n) is 6.12. The van der Waals surface area contributed by atoms with Gasteiger partial charge in [0.05, 0.1) is 0 Å². The molecule has 136 valence electrons. The van der Waals surface area contributed by atoms with E-state index in [1.165, 1.54) is 31.4 Å². The summed E-state index contributed by atoms with van der Waals surface area (Å²) < 4.78 is 13.0. The van der Waals surface area contributed by atoms with E-state index in [0.29, 0.717) is 0 Å². The predicted octanol–water partition coefficient (Wildman–Crippen LogP) is 2.88. The fraction of sp³-hybridized carbons (Fsp3) is 0.650. The van der Waals surface area contributed by atoms with Gasteiger partial charge in [-0.3, -0.25) is 0 Å². The molecule has 2 bridgehead atoms. The van der Waals surface area contributed by atoms with Gasteiger partial charge in [-0.2, -0.15) is 0 Å². The fourth-order valence-electron chi connectivity index (χ4n) is 4.73. The molecule has 3 fully saturated rings. The molecule has 4 nitrogen and oxygen atoms in total. The van der Waals surface area contributed by atoms with Gasteiger partial charge in [0.25, 0.3) is 0 Å². The number of nitrogens with one attached hydrogen (secondary N) is 1. The monoisotopic (exact) mass is 345 g/mol. The van der Waals surface area contributed by atoms with Gasteiger partial charge in [0.2, 0.25) is 0 Å². The third-order valence-corrected chi connectivity index (χ3v) is 6.12. The van der Waals surface area contributed by atoms with Crippen LogP contribution in [0.4, 0.5) is 9.18 Å². The number of piperidine rings is 1. The van der Waals surface area contributed by atoms with Crippen LogP contribution in [0.15, 0.2) is 24.3 Å². The molecule has 0 spiro atoms. The molecule has 25 heavy (non-hydrogen) atoms. The van der Waals surface area contributed by atoms with Crippen molar-refractivity contribution in [3.8, 4) is 0 Å². The van der Waals surface area contributed by atoms with E-state index < -0.39 is 0 Å². The number of fused-ring (bicyclic) bond motifs is 2. The molecule has 1 aromatic rings. The summed E-state index contributed by atoms with van der Waals surface area (Å²) in [6.45, 7) is 4.81. The van der Waals surface area contributed by atoms with Crippen molar-refractivity contribution in [1.82, 2.24) is 15.1 Å². The normalized spacial score (nSPS) is 29.2. The minimum absolute atomic E-state index is 0.141.